The first-order valence-electron chi connectivity index (χ1n) is 9.59. The van der Waals surface area contributed by atoms with Gasteiger partial charge in [0.05, 0.1) is 16.9 Å². The zero-order valence-corrected chi connectivity index (χ0v) is 18.0. The Bertz CT molecular complexity index is 944. The molecular weight excluding hydrogens is 412 g/mol. The molecule has 0 saturated carbocycles. The van der Waals surface area contributed by atoms with Crippen molar-refractivity contribution in [2.75, 3.05) is 18.4 Å². The fourth-order valence-corrected chi connectivity index (χ4v) is 4.91. The van der Waals surface area contributed by atoms with Gasteiger partial charge in [-0.2, -0.15) is 4.31 Å². The number of nitrogens with zero attached hydrogens (tertiary/aromatic N) is 1. The minimum atomic E-state index is -3.66. The predicted molar refractivity (Wildman–Crippen MR) is 114 cm³/mol. The maximum Gasteiger partial charge on any atom is 0.243 e. The maximum atomic E-state index is 12.9. The van der Waals surface area contributed by atoms with Crippen LogP contribution in [0.2, 0.25) is 5.02 Å². The van der Waals surface area contributed by atoms with Crippen LogP contribution >= 0.6 is 11.6 Å². The molecule has 29 heavy (non-hydrogen) atoms. The molecule has 1 aliphatic heterocycles. The molecule has 1 N–H and O–H groups in total. The lowest BCUT2D eigenvalue weighted by atomic mass is 9.99. The Morgan fingerprint density at radius 1 is 1.14 bits per heavy atom. The monoisotopic (exact) mass is 436 g/mol. The minimum Gasteiger partial charge on any atom is -0.491 e. The van der Waals surface area contributed by atoms with Crippen molar-refractivity contribution in [2.24, 2.45) is 5.92 Å². The Balaban J connectivity index is 1.65. The van der Waals surface area contributed by atoms with Gasteiger partial charge < -0.3 is 10.1 Å². The van der Waals surface area contributed by atoms with Crippen LogP contribution < -0.4 is 10.1 Å². The van der Waals surface area contributed by atoms with E-state index in [9.17, 15) is 13.2 Å². The fourth-order valence-electron chi connectivity index (χ4n) is 3.26. The summed E-state index contributed by atoms with van der Waals surface area (Å²) in [6, 6.07) is 13.2. The summed E-state index contributed by atoms with van der Waals surface area (Å²) in [6.45, 7) is 4.45. The van der Waals surface area contributed by atoms with Crippen LogP contribution in [0.3, 0.4) is 0 Å². The molecule has 3 rings (SSSR count). The number of halogens is 1. The van der Waals surface area contributed by atoms with E-state index in [1.54, 1.807) is 36.4 Å². The molecule has 1 fully saturated rings. The molecule has 1 atom stereocenters. The molecule has 1 amide bonds. The number of piperidine rings is 1. The number of sulfonamides is 1. The summed E-state index contributed by atoms with van der Waals surface area (Å²) in [6.07, 6.45) is 1.35. The van der Waals surface area contributed by atoms with Crippen LogP contribution in [-0.2, 0) is 14.8 Å². The molecule has 156 valence electrons. The highest BCUT2D eigenvalue weighted by Crippen LogP contribution is 2.26. The van der Waals surface area contributed by atoms with Gasteiger partial charge in [0.15, 0.2) is 0 Å². The number of amides is 1. The molecule has 1 heterocycles. The minimum absolute atomic E-state index is 0.0752. The van der Waals surface area contributed by atoms with Gasteiger partial charge in [-0.1, -0.05) is 11.6 Å². The average Bonchev–Trinajstić information content (AvgIpc) is 2.69. The largest absolute Gasteiger partial charge is 0.491 e. The van der Waals surface area contributed by atoms with Crippen molar-refractivity contribution < 1.29 is 17.9 Å². The predicted octanol–water partition coefficient (Wildman–Crippen LogP) is 4.17. The highest BCUT2D eigenvalue weighted by Gasteiger charge is 2.33. The van der Waals surface area contributed by atoms with Gasteiger partial charge in [-0.25, -0.2) is 8.42 Å². The van der Waals surface area contributed by atoms with Gasteiger partial charge in [0.25, 0.3) is 0 Å². The Hall–Kier alpha value is -2.09. The van der Waals surface area contributed by atoms with Gasteiger partial charge >= 0.3 is 0 Å². The highest BCUT2D eigenvalue weighted by atomic mass is 35.5. The molecule has 0 unspecified atom stereocenters. The van der Waals surface area contributed by atoms with Crippen LogP contribution in [0, 0.1) is 5.92 Å². The van der Waals surface area contributed by atoms with E-state index < -0.39 is 15.9 Å². The number of anilines is 1. The SMILES string of the molecule is CC(C)Oc1ccc(NC(=O)[C@@H]2CCCN(S(=O)(=O)c3ccc(Cl)cc3)C2)cc1. The molecule has 0 spiro atoms. The zero-order valence-electron chi connectivity index (χ0n) is 16.5. The van der Waals surface area contributed by atoms with Crippen molar-refractivity contribution >= 4 is 33.2 Å². The number of benzene rings is 2. The second-order valence-corrected chi connectivity index (χ2v) is 9.71. The molecule has 2 aromatic carbocycles. The Labute approximate surface area is 176 Å². The Morgan fingerprint density at radius 3 is 2.41 bits per heavy atom. The van der Waals surface area contributed by atoms with Gasteiger partial charge in [-0.3, -0.25) is 4.79 Å². The summed E-state index contributed by atoms with van der Waals surface area (Å²) in [5.41, 5.74) is 0.656. The lowest BCUT2D eigenvalue weighted by Gasteiger charge is -2.31. The lowest BCUT2D eigenvalue weighted by Crippen LogP contribution is -2.43. The summed E-state index contributed by atoms with van der Waals surface area (Å²) in [5.74, 6) is 0.145. The molecule has 0 bridgehead atoms. The third-order valence-corrected chi connectivity index (χ3v) is 6.83. The van der Waals surface area contributed by atoms with Crippen molar-refractivity contribution in [1.29, 1.82) is 0 Å². The van der Waals surface area contributed by atoms with Gasteiger partial charge in [0, 0.05) is 23.8 Å². The quantitative estimate of drug-likeness (QED) is 0.737. The average molecular weight is 437 g/mol. The highest BCUT2D eigenvalue weighted by molar-refractivity contribution is 7.89. The van der Waals surface area contributed by atoms with Crippen molar-refractivity contribution in [2.45, 2.75) is 37.7 Å². The van der Waals surface area contributed by atoms with Crippen LogP contribution in [-0.4, -0.2) is 37.8 Å². The van der Waals surface area contributed by atoms with Crippen LogP contribution in [0.5, 0.6) is 5.75 Å². The van der Waals surface area contributed by atoms with Gasteiger partial charge in [0.1, 0.15) is 5.75 Å². The van der Waals surface area contributed by atoms with E-state index >= 15 is 0 Å². The zero-order chi connectivity index (χ0) is 21.0. The Kier molecular flexibility index (Phi) is 6.82. The van der Waals surface area contributed by atoms with E-state index in [1.807, 2.05) is 13.8 Å². The van der Waals surface area contributed by atoms with E-state index in [0.29, 0.717) is 30.1 Å². The van der Waals surface area contributed by atoms with E-state index in [2.05, 4.69) is 5.32 Å². The third kappa shape index (κ3) is 5.50. The number of hydrogen-bond acceptors (Lipinski definition) is 4. The number of rotatable bonds is 6. The van der Waals surface area contributed by atoms with Crippen LogP contribution in [0.1, 0.15) is 26.7 Å². The van der Waals surface area contributed by atoms with E-state index in [-0.39, 0.29) is 23.5 Å². The standard InChI is InChI=1S/C21H25ClN2O4S/c1-15(2)28-19-9-7-18(8-10-19)23-21(25)16-4-3-13-24(14-16)29(26,27)20-11-5-17(22)6-12-20/h5-12,15-16H,3-4,13-14H2,1-2H3,(H,23,25)/t16-/m1/s1. The first kappa shape index (κ1) is 21.6. The molecule has 1 aliphatic rings. The number of carbonyl (C=O) groups is 1. The molecule has 0 radical (unpaired) electrons. The van der Waals surface area contributed by atoms with Crippen LogP contribution in [0.25, 0.3) is 0 Å². The molecule has 6 nitrogen and oxygen atoms in total. The molecule has 0 aromatic heterocycles. The summed E-state index contributed by atoms with van der Waals surface area (Å²) in [4.78, 5) is 12.9. The van der Waals surface area contributed by atoms with Gasteiger partial charge in [-0.15, -0.1) is 0 Å². The first-order valence-corrected chi connectivity index (χ1v) is 11.4. The number of carbonyl (C=O) groups excluding carboxylic acids is 1. The normalized spacial score (nSPS) is 17.9. The smallest absolute Gasteiger partial charge is 0.243 e. The molecule has 8 heteroatoms. The maximum absolute atomic E-state index is 12.9. The van der Waals surface area contributed by atoms with Gasteiger partial charge in [-0.05, 0) is 75.2 Å². The first-order chi connectivity index (χ1) is 13.8. The summed E-state index contributed by atoms with van der Waals surface area (Å²) in [7, 11) is -3.66. The summed E-state index contributed by atoms with van der Waals surface area (Å²) >= 11 is 5.85. The summed E-state index contributed by atoms with van der Waals surface area (Å²) < 4.78 is 32.8. The second-order valence-electron chi connectivity index (χ2n) is 7.34. The molecular formula is C21H25ClN2O4S. The van der Waals surface area contributed by atoms with E-state index in [0.717, 1.165) is 5.75 Å². The number of nitrogens with one attached hydrogen (secondary N) is 1. The van der Waals surface area contributed by atoms with Crippen LogP contribution in [0.4, 0.5) is 5.69 Å². The van der Waals surface area contributed by atoms with E-state index in [4.69, 9.17) is 16.3 Å². The second kappa shape index (κ2) is 9.15. The van der Waals surface area contributed by atoms with Crippen molar-refractivity contribution in [3.63, 3.8) is 0 Å². The fraction of sp³-hybridized carbons (Fsp3) is 0.381. The van der Waals surface area contributed by atoms with Gasteiger partial charge in [0.2, 0.25) is 15.9 Å². The van der Waals surface area contributed by atoms with Crippen molar-refractivity contribution in [1.82, 2.24) is 4.31 Å². The molecule has 1 saturated heterocycles. The number of hydrogen-bond donors (Lipinski definition) is 1. The van der Waals surface area contributed by atoms with Crippen molar-refractivity contribution in [3.05, 3.63) is 53.6 Å². The number of ether oxygens (including phenoxy) is 1. The molecule has 0 aliphatic carbocycles. The molecule has 2 aromatic rings. The summed E-state index contributed by atoms with van der Waals surface area (Å²) in [5, 5.41) is 3.35. The lowest BCUT2D eigenvalue weighted by molar-refractivity contribution is -0.120. The van der Waals surface area contributed by atoms with Crippen LogP contribution in [0.15, 0.2) is 53.4 Å². The third-order valence-electron chi connectivity index (χ3n) is 4.70. The van der Waals surface area contributed by atoms with Crippen molar-refractivity contribution in [3.8, 4) is 5.75 Å². The van der Waals surface area contributed by atoms with E-state index in [1.165, 1.54) is 16.4 Å². The Morgan fingerprint density at radius 2 is 1.79 bits per heavy atom. The topological polar surface area (TPSA) is 75.7 Å².